The third-order valence-corrected chi connectivity index (χ3v) is 9.10. The Morgan fingerprint density at radius 2 is 1.79 bits per heavy atom. The maximum absolute atomic E-state index is 13.1. The van der Waals surface area contributed by atoms with Crippen LogP contribution in [0.4, 0.5) is 9.80 Å². The van der Waals surface area contributed by atoms with Crippen LogP contribution in [0.2, 0.25) is 0 Å². The second kappa shape index (κ2) is 12.5. The number of hydrogen-bond donors (Lipinski definition) is 2. The Balaban J connectivity index is 1.87. The van der Waals surface area contributed by atoms with Crippen LogP contribution in [0.25, 0.3) is 0 Å². The molecule has 206 valence electrons. The number of sulfonamides is 1. The van der Waals surface area contributed by atoms with Crippen LogP contribution >= 0.6 is 11.3 Å². The van der Waals surface area contributed by atoms with Gasteiger partial charge in [-0.1, -0.05) is 13.3 Å². The fraction of sp³-hybridized carbons (Fsp3) is 0.440. The summed E-state index contributed by atoms with van der Waals surface area (Å²) in [4.78, 5) is 52.3. The number of nitrogens with zero attached hydrogens (tertiary/aromatic N) is 2. The van der Waals surface area contributed by atoms with E-state index in [0.29, 0.717) is 25.1 Å². The van der Waals surface area contributed by atoms with Crippen molar-refractivity contribution in [3.8, 4) is 0 Å². The van der Waals surface area contributed by atoms with Crippen LogP contribution in [-0.2, 0) is 32.5 Å². The van der Waals surface area contributed by atoms with Gasteiger partial charge in [-0.3, -0.25) is 19.7 Å². The quantitative estimate of drug-likeness (QED) is 0.476. The lowest BCUT2D eigenvalue weighted by Crippen LogP contribution is -2.35. The molecule has 0 radical (unpaired) electrons. The number of carbonyl (C=O) groups is 4. The molecule has 2 N–H and O–H groups in total. The highest BCUT2D eigenvalue weighted by Gasteiger charge is 2.30. The second-order valence-electron chi connectivity index (χ2n) is 8.73. The molecule has 1 aliphatic rings. The first-order chi connectivity index (χ1) is 18.0. The number of benzene rings is 1. The molecule has 0 aliphatic carbocycles. The Morgan fingerprint density at radius 1 is 1.11 bits per heavy atom. The molecule has 3 rings (SSSR count). The molecule has 2 aromatic rings. The molecule has 0 saturated heterocycles. The molecule has 0 saturated carbocycles. The smallest absolute Gasteiger partial charge is 0.414 e. The summed E-state index contributed by atoms with van der Waals surface area (Å²) in [6.45, 7) is 6.19. The molecule has 0 unspecified atom stereocenters. The molecule has 1 aromatic carbocycles. The average molecular weight is 565 g/mol. The van der Waals surface area contributed by atoms with E-state index in [9.17, 15) is 27.6 Å². The maximum Gasteiger partial charge on any atom is 0.414 e. The third kappa shape index (κ3) is 6.58. The van der Waals surface area contributed by atoms with Crippen molar-refractivity contribution in [3.05, 3.63) is 45.8 Å². The summed E-state index contributed by atoms with van der Waals surface area (Å²) >= 11 is 1.15. The van der Waals surface area contributed by atoms with Gasteiger partial charge in [0.15, 0.2) is 0 Å². The topological polar surface area (TPSA) is 142 Å². The van der Waals surface area contributed by atoms with E-state index in [1.54, 1.807) is 11.8 Å². The molecular weight excluding hydrogens is 532 g/mol. The summed E-state index contributed by atoms with van der Waals surface area (Å²) in [5, 5.41) is 5.12. The van der Waals surface area contributed by atoms with Gasteiger partial charge in [-0.05, 0) is 49.6 Å². The van der Waals surface area contributed by atoms with Crippen molar-refractivity contribution in [2.24, 2.45) is 0 Å². The van der Waals surface area contributed by atoms with Gasteiger partial charge in [0.25, 0.3) is 11.8 Å². The molecule has 4 amide bonds. The van der Waals surface area contributed by atoms with Crippen LogP contribution in [-0.4, -0.2) is 68.2 Å². The molecule has 1 aromatic heterocycles. The first-order valence-corrected chi connectivity index (χ1v) is 14.5. The first kappa shape index (κ1) is 29.3. The number of unbranched alkanes of at least 4 members (excludes halogenated alkanes) is 1. The Kier molecular flexibility index (Phi) is 9.63. The molecule has 11 nitrogen and oxygen atoms in total. The number of nitrogens with one attached hydrogen (secondary N) is 2. The van der Waals surface area contributed by atoms with Crippen molar-refractivity contribution in [1.29, 1.82) is 0 Å². The van der Waals surface area contributed by atoms with E-state index >= 15 is 0 Å². The molecule has 0 fully saturated rings. The number of amides is 4. The lowest BCUT2D eigenvalue weighted by Gasteiger charge is -2.26. The van der Waals surface area contributed by atoms with E-state index in [-0.39, 0.29) is 40.1 Å². The number of carbonyl (C=O) groups excluding carboxylic acids is 4. The predicted octanol–water partition coefficient (Wildman–Crippen LogP) is 3.21. The fourth-order valence-electron chi connectivity index (χ4n) is 3.96. The van der Waals surface area contributed by atoms with Crippen LogP contribution in [0.5, 0.6) is 0 Å². The van der Waals surface area contributed by atoms with Crippen LogP contribution in [0.1, 0.15) is 64.8 Å². The van der Waals surface area contributed by atoms with Crippen molar-refractivity contribution in [2.75, 3.05) is 32.1 Å². The molecule has 0 spiro atoms. The predicted molar refractivity (Wildman–Crippen MR) is 143 cm³/mol. The molecule has 1 aliphatic heterocycles. The number of alkyl carbamates (subject to hydrolysis) is 1. The van der Waals surface area contributed by atoms with Gasteiger partial charge in [-0.25, -0.2) is 17.5 Å². The van der Waals surface area contributed by atoms with E-state index in [1.165, 1.54) is 42.5 Å². The van der Waals surface area contributed by atoms with E-state index in [2.05, 4.69) is 10.6 Å². The van der Waals surface area contributed by atoms with Gasteiger partial charge < -0.3 is 15.0 Å². The number of imide groups is 1. The summed E-state index contributed by atoms with van der Waals surface area (Å²) in [6.07, 6.45) is 1.07. The van der Waals surface area contributed by atoms with E-state index < -0.39 is 27.9 Å². The highest BCUT2D eigenvalue weighted by molar-refractivity contribution is 7.89. The van der Waals surface area contributed by atoms with Gasteiger partial charge in [0.2, 0.25) is 15.9 Å². The number of fused-ring (bicyclic) bond motifs is 1. The van der Waals surface area contributed by atoms with Crippen molar-refractivity contribution < 1.29 is 32.3 Å². The lowest BCUT2D eigenvalue weighted by molar-refractivity contribution is -0.129. The third-order valence-electron chi connectivity index (χ3n) is 6.10. The van der Waals surface area contributed by atoms with E-state index in [0.717, 1.165) is 29.1 Å². The zero-order chi connectivity index (χ0) is 28.0. The summed E-state index contributed by atoms with van der Waals surface area (Å²) in [5.74, 6) is -1.38. The van der Waals surface area contributed by atoms with Gasteiger partial charge in [-0.15, -0.1) is 11.3 Å². The molecule has 2 heterocycles. The van der Waals surface area contributed by atoms with Crippen molar-refractivity contribution in [3.63, 3.8) is 0 Å². The largest absolute Gasteiger partial charge is 0.450 e. The Hall–Kier alpha value is -3.29. The fourth-order valence-corrected chi connectivity index (χ4v) is 6.42. The maximum atomic E-state index is 13.1. The molecular formula is C25H32N4O7S2. The standard InChI is InChI=1S/C25H32N4O7S2/c1-5-7-13-28(4)38(34,35)18-10-8-17(9-11-18)22(31)26-24-21(23(32)27-25(33)36-6-2)19-12-14-29(16(3)30)15-20(19)37-24/h8-11H,5-7,12-15H2,1-4H3,(H,26,31)(H,27,32,33). The summed E-state index contributed by atoms with van der Waals surface area (Å²) in [6, 6.07) is 5.54. The number of thiophene rings is 1. The van der Waals surface area contributed by atoms with Crippen LogP contribution in [0.3, 0.4) is 0 Å². The monoisotopic (exact) mass is 564 g/mol. The normalized spacial score (nSPS) is 13.1. The Bertz CT molecular complexity index is 1320. The van der Waals surface area contributed by atoms with Crippen LogP contribution < -0.4 is 10.6 Å². The minimum atomic E-state index is -3.69. The summed E-state index contributed by atoms with van der Waals surface area (Å²) in [7, 11) is -2.17. The van der Waals surface area contributed by atoms with Gasteiger partial charge >= 0.3 is 6.09 Å². The first-order valence-electron chi connectivity index (χ1n) is 12.2. The number of anilines is 1. The van der Waals surface area contributed by atoms with E-state index in [1.807, 2.05) is 6.92 Å². The van der Waals surface area contributed by atoms with Crippen molar-refractivity contribution in [1.82, 2.24) is 14.5 Å². The van der Waals surface area contributed by atoms with Gasteiger partial charge in [0.05, 0.1) is 23.6 Å². The van der Waals surface area contributed by atoms with Crippen LogP contribution in [0, 0.1) is 0 Å². The zero-order valence-electron chi connectivity index (χ0n) is 21.8. The second-order valence-corrected chi connectivity index (χ2v) is 11.9. The minimum Gasteiger partial charge on any atom is -0.450 e. The number of rotatable bonds is 9. The highest BCUT2D eigenvalue weighted by Crippen LogP contribution is 2.37. The number of hydrogen-bond acceptors (Lipinski definition) is 8. The molecule has 0 bridgehead atoms. The SMILES string of the molecule is CCCCN(C)S(=O)(=O)c1ccc(C(=O)Nc2sc3c(c2C(=O)NC(=O)OCC)CCN(C(C)=O)C3)cc1. The van der Waals surface area contributed by atoms with E-state index in [4.69, 9.17) is 4.74 Å². The minimum absolute atomic E-state index is 0.0677. The van der Waals surface area contributed by atoms with Gasteiger partial charge in [-0.2, -0.15) is 0 Å². The number of ether oxygens (including phenoxy) is 1. The van der Waals surface area contributed by atoms with Crippen molar-refractivity contribution in [2.45, 2.75) is 51.5 Å². The zero-order valence-corrected chi connectivity index (χ0v) is 23.5. The Labute approximate surface area is 226 Å². The van der Waals surface area contributed by atoms with Crippen LogP contribution in [0.15, 0.2) is 29.2 Å². The molecule has 13 heteroatoms. The molecule has 38 heavy (non-hydrogen) atoms. The van der Waals surface area contributed by atoms with Gasteiger partial charge in [0, 0.05) is 37.5 Å². The lowest BCUT2D eigenvalue weighted by atomic mass is 10.0. The average Bonchev–Trinajstić information content (AvgIpc) is 3.24. The highest BCUT2D eigenvalue weighted by atomic mass is 32.2. The summed E-state index contributed by atoms with van der Waals surface area (Å²) in [5.41, 5.74) is 0.987. The van der Waals surface area contributed by atoms with Crippen molar-refractivity contribution >= 4 is 50.2 Å². The molecule has 0 atom stereocenters. The Morgan fingerprint density at radius 3 is 2.39 bits per heavy atom. The van der Waals surface area contributed by atoms with Gasteiger partial charge in [0.1, 0.15) is 5.00 Å². The summed E-state index contributed by atoms with van der Waals surface area (Å²) < 4.78 is 31.6.